The Bertz CT molecular complexity index is 905. The Labute approximate surface area is 147 Å². The standard InChI is InChI=1S/C21H22NO3/c1-15-6-4-5-11-22(15)14-25-21(23)16(2)17-7-8-19-13-20(24-3)10-9-18(19)12-17/h4-13,16H,14H2,1-3H3/q+1/t16-/m0/s1. The maximum absolute atomic E-state index is 12.4. The maximum atomic E-state index is 12.4. The Balaban J connectivity index is 1.73. The molecule has 0 aliphatic carbocycles. The van der Waals surface area contributed by atoms with E-state index in [1.807, 2.05) is 79.2 Å². The van der Waals surface area contributed by atoms with E-state index in [1.54, 1.807) is 7.11 Å². The number of carbonyl (C=O) groups excluding carboxylic acids is 1. The van der Waals surface area contributed by atoms with Gasteiger partial charge in [0.1, 0.15) is 5.75 Å². The molecule has 1 aromatic heterocycles. The van der Waals surface area contributed by atoms with Gasteiger partial charge >= 0.3 is 5.97 Å². The molecule has 4 nitrogen and oxygen atoms in total. The Hall–Kier alpha value is -2.88. The van der Waals surface area contributed by atoms with Crippen molar-refractivity contribution in [1.29, 1.82) is 0 Å². The molecule has 25 heavy (non-hydrogen) atoms. The number of hydrogen-bond donors (Lipinski definition) is 0. The van der Waals surface area contributed by atoms with Crippen molar-refractivity contribution >= 4 is 16.7 Å². The minimum absolute atomic E-state index is 0.223. The van der Waals surface area contributed by atoms with Crippen LogP contribution in [0.5, 0.6) is 5.75 Å². The van der Waals surface area contributed by atoms with Gasteiger partial charge in [0.2, 0.25) is 0 Å². The number of ether oxygens (including phenoxy) is 2. The van der Waals surface area contributed by atoms with Crippen LogP contribution >= 0.6 is 0 Å². The van der Waals surface area contributed by atoms with E-state index >= 15 is 0 Å². The molecule has 4 heteroatoms. The third kappa shape index (κ3) is 3.79. The fourth-order valence-electron chi connectivity index (χ4n) is 2.74. The summed E-state index contributed by atoms with van der Waals surface area (Å²) in [6, 6.07) is 17.8. The second kappa shape index (κ2) is 7.34. The van der Waals surface area contributed by atoms with Crippen molar-refractivity contribution in [2.45, 2.75) is 26.5 Å². The number of benzene rings is 2. The van der Waals surface area contributed by atoms with Gasteiger partial charge in [-0.05, 0) is 35.4 Å². The van der Waals surface area contributed by atoms with E-state index in [9.17, 15) is 4.79 Å². The first-order valence-electron chi connectivity index (χ1n) is 8.28. The van der Waals surface area contributed by atoms with Gasteiger partial charge in [-0.1, -0.05) is 30.3 Å². The van der Waals surface area contributed by atoms with E-state index in [0.29, 0.717) is 0 Å². The first-order valence-corrected chi connectivity index (χ1v) is 8.28. The van der Waals surface area contributed by atoms with E-state index in [4.69, 9.17) is 9.47 Å². The van der Waals surface area contributed by atoms with Crippen molar-refractivity contribution in [3.63, 3.8) is 0 Å². The number of nitrogens with zero attached hydrogens (tertiary/aromatic N) is 1. The van der Waals surface area contributed by atoms with Crippen LogP contribution in [0.25, 0.3) is 10.8 Å². The Kier molecular flexibility index (Phi) is 4.98. The minimum Gasteiger partial charge on any atom is -0.497 e. The van der Waals surface area contributed by atoms with Crippen molar-refractivity contribution in [3.8, 4) is 5.75 Å². The van der Waals surface area contributed by atoms with E-state index < -0.39 is 0 Å². The summed E-state index contributed by atoms with van der Waals surface area (Å²) in [5.41, 5.74) is 1.99. The fraction of sp³-hybridized carbons (Fsp3) is 0.238. The number of carbonyl (C=O) groups is 1. The van der Waals surface area contributed by atoms with Crippen molar-refractivity contribution in [1.82, 2.24) is 0 Å². The molecule has 3 rings (SSSR count). The monoisotopic (exact) mass is 336 g/mol. The van der Waals surface area contributed by atoms with Gasteiger partial charge in [0, 0.05) is 19.1 Å². The Morgan fingerprint density at radius 2 is 1.84 bits per heavy atom. The van der Waals surface area contributed by atoms with Gasteiger partial charge in [-0.2, -0.15) is 4.57 Å². The predicted octanol–water partition coefficient (Wildman–Crippen LogP) is 3.75. The summed E-state index contributed by atoms with van der Waals surface area (Å²) in [6.07, 6.45) is 1.90. The van der Waals surface area contributed by atoms with E-state index in [-0.39, 0.29) is 18.6 Å². The molecule has 0 saturated carbocycles. The van der Waals surface area contributed by atoms with Crippen molar-refractivity contribution < 1.29 is 18.8 Å². The molecule has 0 aliphatic rings. The molecule has 0 aliphatic heterocycles. The summed E-state index contributed by atoms with van der Waals surface area (Å²) >= 11 is 0. The summed E-state index contributed by atoms with van der Waals surface area (Å²) in [5, 5.41) is 2.16. The molecule has 0 amide bonds. The lowest BCUT2D eigenvalue weighted by atomic mass is 9.98. The van der Waals surface area contributed by atoms with Crippen LogP contribution < -0.4 is 9.30 Å². The molecule has 0 spiro atoms. The summed E-state index contributed by atoms with van der Waals surface area (Å²) in [5.74, 6) is 0.266. The molecular weight excluding hydrogens is 314 g/mol. The van der Waals surface area contributed by atoms with Gasteiger partial charge in [0.15, 0.2) is 11.9 Å². The number of methoxy groups -OCH3 is 1. The highest BCUT2D eigenvalue weighted by atomic mass is 16.5. The zero-order valence-corrected chi connectivity index (χ0v) is 14.7. The number of hydrogen-bond acceptors (Lipinski definition) is 3. The van der Waals surface area contributed by atoms with Gasteiger partial charge in [0.25, 0.3) is 6.73 Å². The number of pyridine rings is 1. The van der Waals surface area contributed by atoms with Crippen molar-refractivity contribution in [3.05, 3.63) is 72.1 Å². The second-order valence-corrected chi connectivity index (χ2v) is 6.10. The highest BCUT2D eigenvalue weighted by Crippen LogP contribution is 2.25. The lowest BCUT2D eigenvalue weighted by molar-refractivity contribution is -0.733. The Morgan fingerprint density at radius 3 is 2.60 bits per heavy atom. The van der Waals surface area contributed by atoms with E-state index in [0.717, 1.165) is 27.8 Å². The normalized spacial score (nSPS) is 12.0. The maximum Gasteiger partial charge on any atom is 0.317 e. The van der Waals surface area contributed by atoms with Crippen LogP contribution in [-0.2, 0) is 16.3 Å². The topological polar surface area (TPSA) is 39.4 Å². The number of rotatable bonds is 5. The fourth-order valence-corrected chi connectivity index (χ4v) is 2.74. The van der Waals surface area contributed by atoms with Crippen LogP contribution in [0.4, 0.5) is 0 Å². The molecule has 0 radical (unpaired) electrons. The van der Waals surface area contributed by atoms with Gasteiger partial charge in [0.05, 0.1) is 13.0 Å². The van der Waals surface area contributed by atoms with Gasteiger partial charge in [-0.25, -0.2) is 0 Å². The molecular formula is C21H22NO3+. The first kappa shape index (κ1) is 17.0. The average Bonchev–Trinajstić information content (AvgIpc) is 2.65. The predicted molar refractivity (Wildman–Crippen MR) is 96.4 cm³/mol. The largest absolute Gasteiger partial charge is 0.497 e. The summed E-state index contributed by atoms with van der Waals surface area (Å²) in [6.45, 7) is 4.07. The van der Waals surface area contributed by atoms with Crippen LogP contribution in [0.3, 0.4) is 0 Å². The van der Waals surface area contributed by atoms with Gasteiger partial charge in [-0.3, -0.25) is 4.79 Å². The highest BCUT2D eigenvalue weighted by molar-refractivity contribution is 5.86. The smallest absolute Gasteiger partial charge is 0.317 e. The summed E-state index contributed by atoms with van der Waals surface area (Å²) in [4.78, 5) is 12.4. The molecule has 1 atom stereocenters. The molecule has 0 bridgehead atoms. The van der Waals surface area contributed by atoms with Crippen LogP contribution in [0.15, 0.2) is 60.8 Å². The number of aromatic nitrogens is 1. The number of aryl methyl sites for hydroxylation is 1. The molecule has 0 N–H and O–H groups in total. The molecule has 2 aromatic carbocycles. The van der Waals surface area contributed by atoms with E-state index in [2.05, 4.69) is 0 Å². The third-order valence-electron chi connectivity index (χ3n) is 4.44. The van der Waals surface area contributed by atoms with Crippen LogP contribution in [0, 0.1) is 6.92 Å². The summed E-state index contributed by atoms with van der Waals surface area (Å²) < 4.78 is 12.6. The minimum atomic E-state index is -0.323. The third-order valence-corrected chi connectivity index (χ3v) is 4.44. The molecule has 1 heterocycles. The van der Waals surface area contributed by atoms with Crippen molar-refractivity contribution in [2.75, 3.05) is 7.11 Å². The van der Waals surface area contributed by atoms with Crippen LogP contribution in [0.2, 0.25) is 0 Å². The molecule has 0 unspecified atom stereocenters. The second-order valence-electron chi connectivity index (χ2n) is 6.10. The zero-order valence-electron chi connectivity index (χ0n) is 14.7. The van der Waals surface area contributed by atoms with Crippen LogP contribution in [-0.4, -0.2) is 13.1 Å². The van der Waals surface area contributed by atoms with Crippen molar-refractivity contribution in [2.24, 2.45) is 0 Å². The lowest BCUT2D eigenvalue weighted by Crippen LogP contribution is -2.39. The SMILES string of the molecule is COc1ccc2cc([C@H](C)C(=O)OC[n+]3ccccc3C)ccc2c1. The molecule has 3 aromatic rings. The summed E-state index contributed by atoms with van der Waals surface area (Å²) in [7, 11) is 1.65. The molecule has 0 saturated heterocycles. The average molecular weight is 336 g/mol. The van der Waals surface area contributed by atoms with Crippen LogP contribution in [0.1, 0.15) is 24.1 Å². The zero-order chi connectivity index (χ0) is 17.8. The van der Waals surface area contributed by atoms with E-state index in [1.165, 1.54) is 0 Å². The first-order chi connectivity index (χ1) is 12.1. The lowest BCUT2D eigenvalue weighted by Gasteiger charge is -2.12. The van der Waals surface area contributed by atoms with Gasteiger partial charge in [-0.15, -0.1) is 0 Å². The Morgan fingerprint density at radius 1 is 1.08 bits per heavy atom. The quantitative estimate of drug-likeness (QED) is 0.526. The molecule has 0 fully saturated rings. The number of esters is 1. The molecule has 128 valence electrons. The van der Waals surface area contributed by atoms with Gasteiger partial charge < -0.3 is 9.47 Å². The number of fused-ring (bicyclic) bond motifs is 1. The highest BCUT2D eigenvalue weighted by Gasteiger charge is 2.19.